The third-order valence-electron chi connectivity index (χ3n) is 3.08. The first kappa shape index (κ1) is 14.4. The average molecular weight is 270 g/mol. The van der Waals surface area contributed by atoms with Crippen molar-refractivity contribution in [3.8, 4) is 17.2 Å². The first-order valence-electron chi connectivity index (χ1n) is 7.35. The van der Waals surface area contributed by atoms with E-state index in [1.54, 1.807) is 0 Å². The highest BCUT2D eigenvalue weighted by molar-refractivity contribution is 5.42. The van der Waals surface area contributed by atoms with E-state index in [2.05, 4.69) is 6.92 Å². The number of para-hydroxylation sites is 3. The maximum atomic E-state index is 5.86. The molecule has 0 spiro atoms. The van der Waals surface area contributed by atoms with Crippen molar-refractivity contribution in [3.05, 3.63) is 54.6 Å². The van der Waals surface area contributed by atoms with E-state index < -0.39 is 0 Å². The molecule has 0 atom stereocenters. The van der Waals surface area contributed by atoms with Crippen LogP contribution in [0.2, 0.25) is 0 Å². The van der Waals surface area contributed by atoms with Crippen LogP contribution in [0, 0.1) is 0 Å². The van der Waals surface area contributed by atoms with Gasteiger partial charge in [0.05, 0.1) is 6.61 Å². The Kier molecular flexibility index (Phi) is 5.97. The highest BCUT2D eigenvalue weighted by Gasteiger charge is 2.05. The highest BCUT2D eigenvalue weighted by Crippen LogP contribution is 2.31. The fourth-order valence-electron chi connectivity index (χ4n) is 1.98. The molecule has 2 nitrogen and oxygen atoms in total. The lowest BCUT2D eigenvalue weighted by Gasteiger charge is -2.12. The molecule has 0 unspecified atom stereocenters. The molecule has 106 valence electrons. The zero-order valence-corrected chi connectivity index (χ0v) is 12.0. The number of hydrogen-bond acceptors (Lipinski definition) is 2. The van der Waals surface area contributed by atoms with E-state index in [-0.39, 0.29) is 0 Å². The number of rotatable bonds is 8. The van der Waals surface area contributed by atoms with E-state index in [9.17, 15) is 0 Å². The highest BCUT2D eigenvalue weighted by atomic mass is 16.5. The standard InChI is InChI=1S/C18H22O2/c1-2-3-4-10-15-19-17-13-8-9-14-18(17)20-16-11-6-5-7-12-16/h5-9,11-14H,2-4,10,15H2,1H3. The largest absolute Gasteiger partial charge is 0.490 e. The Labute approximate surface area is 121 Å². The number of ether oxygens (including phenoxy) is 2. The fourth-order valence-corrected chi connectivity index (χ4v) is 1.98. The Morgan fingerprint density at radius 2 is 1.45 bits per heavy atom. The fraction of sp³-hybridized carbons (Fsp3) is 0.333. The molecule has 0 saturated heterocycles. The quantitative estimate of drug-likeness (QED) is 0.595. The van der Waals surface area contributed by atoms with Crippen LogP contribution in [0.4, 0.5) is 0 Å². The van der Waals surface area contributed by atoms with Crippen molar-refractivity contribution in [2.24, 2.45) is 0 Å². The first-order valence-corrected chi connectivity index (χ1v) is 7.35. The molecule has 0 aliphatic carbocycles. The maximum absolute atomic E-state index is 5.86. The van der Waals surface area contributed by atoms with Gasteiger partial charge in [-0.05, 0) is 30.7 Å². The van der Waals surface area contributed by atoms with Crippen LogP contribution in [0.5, 0.6) is 17.2 Å². The van der Waals surface area contributed by atoms with Gasteiger partial charge in [0.15, 0.2) is 11.5 Å². The topological polar surface area (TPSA) is 18.5 Å². The number of unbranched alkanes of at least 4 members (excludes halogenated alkanes) is 3. The van der Waals surface area contributed by atoms with Gasteiger partial charge in [0.2, 0.25) is 0 Å². The SMILES string of the molecule is CCCCCCOc1ccccc1Oc1ccccc1. The van der Waals surface area contributed by atoms with E-state index in [1.165, 1.54) is 19.3 Å². The predicted molar refractivity (Wildman–Crippen MR) is 82.6 cm³/mol. The second-order valence-corrected chi connectivity index (χ2v) is 4.77. The molecular formula is C18H22O2. The summed E-state index contributed by atoms with van der Waals surface area (Å²) in [5, 5.41) is 0. The normalized spacial score (nSPS) is 10.2. The van der Waals surface area contributed by atoms with Crippen molar-refractivity contribution >= 4 is 0 Å². The van der Waals surface area contributed by atoms with Crippen LogP contribution in [-0.4, -0.2) is 6.61 Å². The van der Waals surface area contributed by atoms with Gasteiger partial charge in [-0.15, -0.1) is 0 Å². The molecule has 20 heavy (non-hydrogen) atoms. The van der Waals surface area contributed by atoms with E-state index in [1.807, 2.05) is 54.6 Å². The Bertz CT molecular complexity index is 494. The summed E-state index contributed by atoms with van der Waals surface area (Å²) in [6.07, 6.45) is 4.82. The van der Waals surface area contributed by atoms with Crippen LogP contribution in [0.1, 0.15) is 32.6 Å². The van der Waals surface area contributed by atoms with Gasteiger partial charge >= 0.3 is 0 Å². The Hall–Kier alpha value is -1.96. The molecule has 0 aliphatic rings. The van der Waals surface area contributed by atoms with Crippen molar-refractivity contribution in [1.82, 2.24) is 0 Å². The second-order valence-electron chi connectivity index (χ2n) is 4.77. The van der Waals surface area contributed by atoms with E-state index in [0.717, 1.165) is 30.3 Å². The molecule has 2 heteroatoms. The molecule has 0 saturated carbocycles. The van der Waals surface area contributed by atoms with Crippen LogP contribution in [0.15, 0.2) is 54.6 Å². The monoisotopic (exact) mass is 270 g/mol. The van der Waals surface area contributed by atoms with E-state index >= 15 is 0 Å². The van der Waals surface area contributed by atoms with Gasteiger partial charge in [-0.3, -0.25) is 0 Å². The number of hydrogen-bond donors (Lipinski definition) is 0. The maximum Gasteiger partial charge on any atom is 0.169 e. The smallest absolute Gasteiger partial charge is 0.169 e. The summed E-state index contributed by atoms with van der Waals surface area (Å²) >= 11 is 0. The summed E-state index contributed by atoms with van der Waals surface area (Å²) < 4.78 is 11.7. The summed E-state index contributed by atoms with van der Waals surface area (Å²) in [4.78, 5) is 0. The van der Waals surface area contributed by atoms with E-state index in [0.29, 0.717) is 0 Å². The van der Waals surface area contributed by atoms with Crippen molar-refractivity contribution < 1.29 is 9.47 Å². The molecule has 0 bridgehead atoms. The molecule has 0 N–H and O–H groups in total. The minimum atomic E-state index is 0.745. The lowest BCUT2D eigenvalue weighted by atomic mass is 10.2. The third kappa shape index (κ3) is 4.61. The molecule has 2 rings (SSSR count). The summed E-state index contributed by atoms with van der Waals surface area (Å²) in [5.74, 6) is 2.41. The molecule has 2 aromatic carbocycles. The minimum Gasteiger partial charge on any atom is -0.490 e. The molecule has 2 aromatic rings. The van der Waals surface area contributed by atoms with Crippen LogP contribution >= 0.6 is 0 Å². The van der Waals surface area contributed by atoms with Crippen LogP contribution in [0.3, 0.4) is 0 Å². The molecule has 0 fully saturated rings. The summed E-state index contributed by atoms with van der Waals surface area (Å²) in [6, 6.07) is 17.6. The van der Waals surface area contributed by atoms with Crippen molar-refractivity contribution in [3.63, 3.8) is 0 Å². The Morgan fingerprint density at radius 1 is 0.750 bits per heavy atom. The van der Waals surface area contributed by atoms with Crippen molar-refractivity contribution in [2.45, 2.75) is 32.6 Å². The second kappa shape index (κ2) is 8.26. The van der Waals surface area contributed by atoms with Gasteiger partial charge in [0, 0.05) is 0 Å². The third-order valence-corrected chi connectivity index (χ3v) is 3.08. The molecule has 0 amide bonds. The van der Waals surface area contributed by atoms with Gasteiger partial charge < -0.3 is 9.47 Å². The van der Waals surface area contributed by atoms with Gasteiger partial charge in [0.25, 0.3) is 0 Å². The zero-order chi connectivity index (χ0) is 14.0. The number of benzene rings is 2. The molecule has 0 aromatic heterocycles. The Morgan fingerprint density at radius 3 is 2.20 bits per heavy atom. The lowest BCUT2D eigenvalue weighted by Crippen LogP contribution is -1.99. The Balaban J connectivity index is 1.92. The molecular weight excluding hydrogens is 248 g/mol. The van der Waals surface area contributed by atoms with Crippen LogP contribution < -0.4 is 9.47 Å². The van der Waals surface area contributed by atoms with Gasteiger partial charge in [-0.25, -0.2) is 0 Å². The summed E-state index contributed by atoms with van der Waals surface area (Å²) in [5.41, 5.74) is 0. The summed E-state index contributed by atoms with van der Waals surface area (Å²) in [6.45, 7) is 2.96. The van der Waals surface area contributed by atoms with Crippen LogP contribution in [-0.2, 0) is 0 Å². The molecule has 0 aliphatic heterocycles. The van der Waals surface area contributed by atoms with Crippen LogP contribution in [0.25, 0.3) is 0 Å². The predicted octanol–water partition coefficient (Wildman–Crippen LogP) is 5.44. The molecule has 0 radical (unpaired) electrons. The van der Waals surface area contributed by atoms with Crippen molar-refractivity contribution in [2.75, 3.05) is 6.61 Å². The first-order chi connectivity index (χ1) is 9.90. The van der Waals surface area contributed by atoms with E-state index in [4.69, 9.17) is 9.47 Å². The zero-order valence-electron chi connectivity index (χ0n) is 12.0. The molecule has 0 heterocycles. The van der Waals surface area contributed by atoms with Crippen molar-refractivity contribution in [1.29, 1.82) is 0 Å². The van der Waals surface area contributed by atoms with Gasteiger partial charge in [-0.1, -0.05) is 56.5 Å². The summed E-state index contributed by atoms with van der Waals surface area (Å²) in [7, 11) is 0. The average Bonchev–Trinajstić information content (AvgIpc) is 2.50. The van der Waals surface area contributed by atoms with Gasteiger partial charge in [0.1, 0.15) is 5.75 Å². The lowest BCUT2D eigenvalue weighted by molar-refractivity contribution is 0.291. The minimum absolute atomic E-state index is 0.745. The van der Waals surface area contributed by atoms with Gasteiger partial charge in [-0.2, -0.15) is 0 Å².